The lowest BCUT2D eigenvalue weighted by molar-refractivity contribution is -0.211. The van der Waals surface area contributed by atoms with Crippen molar-refractivity contribution in [1.82, 2.24) is 0 Å². The van der Waals surface area contributed by atoms with Crippen LogP contribution in [0.25, 0.3) is 0 Å². The van der Waals surface area contributed by atoms with Crippen LogP contribution >= 0.6 is 0 Å². The summed E-state index contributed by atoms with van der Waals surface area (Å²) in [5.74, 6) is 13.6. The van der Waals surface area contributed by atoms with Gasteiger partial charge in [-0.15, -0.1) is 0 Å². The summed E-state index contributed by atoms with van der Waals surface area (Å²) in [5.41, 5.74) is -3.01. The molecule has 12 heteroatoms. The van der Waals surface area contributed by atoms with Gasteiger partial charge in [-0.2, -0.15) is 0 Å². The molecular formula is C101H172O12. The first-order chi connectivity index (χ1) is 52.5. The Morgan fingerprint density at radius 1 is 0.292 bits per heavy atom. The van der Waals surface area contributed by atoms with E-state index >= 15 is 0 Å². The zero-order valence-corrected chi connectivity index (χ0v) is 77.5. The molecule has 0 radical (unpaired) electrons. The van der Waals surface area contributed by atoms with Gasteiger partial charge in [0.2, 0.25) is 0 Å². The second-order valence-corrected chi connectivity index (χ2v) is 47.1. The summed E-state index contributed by atoms with van der Waals surface area (Å²) < 4.78 is 36.2. The minimum atomic E-state index is -0.362. The second kappa shape index (κ2) is 35.1. The third-order valence-corrected chi connectivity index (χ3v) is 36.3. The van der Waals surface area contributed by atoms with Crippen molar-refractivity contribution < 1.29 is 57.2 Å². The van der Waals surface area contributed by atoms with Crippen LogP contribution in [0.3, 0.4) is 0 Å². The molecule has 17 saturated carbocycles. The first-order valence-electron chi connectivity index (χ1n) is 47.9. The van der Waals surface area contributed by atoms with Crippen molar-refractivity contribution in [3.05, 3.63) is 0 Å². The van der Waals surface area contributed by atoms with Crippen molar-refractivity contribution >= 4 is 35.8 Å². The molecule has 0 heterocycles. The molecule has 0 aromatic rings. The fourth-order valence-electron chi connectivity index (χ4n) is 26.0. The molecule has 12 nitrogen and oxygen atoms in total. The third-order valence-electron chi connectivity index (χ3n) is 36.3. The Kier molecular flexibility index (Phi) is 28.6. The molecular weight excluding hydrogens is 1410 g/mol. The molecule has 17 aliphatic carbocycles. The highest BCUT2D eigenvalue weighted by Gasteiger charge is 2.63. The monoisotopic (exact) mass is 1580 g/mol. The van der Waals surface area contributed by atoms with Gasteiger partial charge in [0.1, 0.15) is 33.6 Å². The van der Waals surface area contributed by atoms with Crippen molar-refractivity contribution in [2.24, 2.45) is 139 Å². The molecule has 14 atom stereocenters. The van der Waals surface area contributed by atoms with Crippen molar-refractivity contribution in [3.8, 4) is 0 Å². The van der Waals surface area contributed by atoms with Crippen molar-refractivity contribution in [1.29, 1.82) is 0 Å². The number of rotatable bonds is 19. The van der Waals surface area contributed by atoms with Gasteiger partial charge in [0.15, 0.2) is 0 Å². The van der Waals surface area contributed by atoms with Gasteiger partial charge >= 0.3 is 35.8 Å². The van der Waals surface area contributed by atoms with E-state index in [1.807, 2.05) is 90.0 Å². The zero-order chi connectivity index (χ0) is 83.3. The van der Waals surface area contributed by atoms with Crippen molar-refractivity contribution in [2.45, 2.75) is 464 Å². The summed E-state index contributed by atoms with van der Waals surface area (Å²) in [7, 11) is 0. The second-order valence-electron chi connectivity index (χ2n) is 47.1. The summed E-state index contributed by atoms with van der Waals surface area (Å²) in [6.07, 6.45) is 49.2. The van der Waals surface area contributed by atoms with Crippen LogP contribution in [0, 0.1) is 139 Å². The lowest BCUT2D eigenvalue weighted by Crippen LogP contribution is -2.58. The Balaban J connectivity index is 0.000000144. The molecule has 648 valence electrons. The molecule has 17 aliphatic rings. The molecule has 0 spiro atoms. The predicted octanol–water partition coefficient (Wildman–Crippen LogP) is 26.3. The van der Waals surface area contributed by atoms with E-state index < -0.39 is 0 Å². The van der Waals surface area contributed by atoms with E-state index in [0.717, 1.165) is 142 Å². The lowest BCUT2D eigenvalue weighted by Gasteiger charge is -2.61. The van der Waals surface area contributed by atoms with Gasteiger partial charge in [-0.1, -0.05) is 92.9 Å². The number of esters is 6. The Morgan fingerprint density at radius 2 is 0.699 bits per heavy atom. The molecule has 17 rings (SSSR count). The van der Waals surface area contributed by atoms with Crippen LogP contribution in [-0.4, -0.2) is 69.4 Å². The fourth-order valence-corrected chi connectivity index (χ4v) is 26.0. The quantitative estimate of drug-likeness (QED) is 0.0892. The van der Waals surface area contributed by atoms with Gasteiger partial charge in [-0.05, 0) is 426 Å². The Hall–Kier alpha value is -3.18. The van der Waals surface area contributed by atoms with Crippen LogP contribution in [-0.2, 0) is 57.2 Å². The van der Waals surface area contributed by atoms with Crippen LogP contribution in [0.1, 0.15) is 430 Å². The highest BCUT2D eigenvalue weighted by Crippen LogP contribution is 2.67. The normalized spacial score (nSPS) is 39.4. The van der Waals surface area contributed by atoms with Crippen LogP contribution < -0.4 is 0 Å². The van der Waals surface area contributed by atoms with Crippen LogP contribution in [0.15, 0.2) is 0 Å². The molecule has 113 heavy (non-hydrogen) atoms. The summed E-state index contributed by atoms with van der Waals surface area (Å²) in [6, 6.07) is 0. The first-order valence-corrected chi connectivity index (χ1v) is 47.9. The maximum absolute atomic E-state index is 12.6. The van der Waals surface area contributed by atoms with Crippen molar-refractivity contribution in [2.75, 3.05) is 0 Å². The molecule has 17 fully saturated rings. The number of fused-ring (bicyclic) bond motifs is 9. The van der Waals surface area contributed by atoms with Gasteiger partial charge in [0, 0.05) is 17.3 Å². The summed E-state index contributed by atoms with van der Waals surface area (Å²) >= 11 is 0. The van der Waals surface area contributed by atoms with Gasteiger partial charge < -0.3 is 28.4 Å². The minimum absolute atomic E-state index is 0.00345. The number of carbonyl (C=O) groups excluding carboxylic acids is 6. The standard InChI is InChI=1S/C19H32O2.2C17H28O2.2C17H30O2.C14H24O2/c1-6-17(2,3)16(20)21-18(4,5)19-10-13-7-14(11-19)9-15(8-13)12-19;1-5-16(2,3)15(18)19-17(4)13-7-11-6-12(9-13)10-14(17)8-11;1-5-16(2,3)15(18)19-17(4)10-11-9-14(17)13-8-6-7-12(11)13;1-5-16(2,3)15(18)19-17(4)12-8-10-13-9-6-7-11-14(13)17;1-5-16(2,3)15(18)19-17(4)11-10-13-8-6-7-9-14(13)12-17;1-5-13(2,3)12(15)16-14(4)9-10-6-7-11(14)8-10/h13-15H,6-12H2,1-5H3;2*11-14H,5-10H2,1-4H3;2*13-14H,5-12H2,1-4H3;10-11H,5-9H2,1-4H3. The Bertz CT molecular complexity index is 3190. The van der Waals surface area contributed by atoms with Gasteiger partial charge in [0.05, 0.1) is 32.5 Å². The molecule has 0 amide bonds. The van der Waals surface area contributed by atoms with E-state index in [1.54, 1.807) is 0 Å². The highest BCUT2D eigenvalue weighted by atomic mass is 16.6. The number of hydrogen-bond acceptors (Lipinski definition) is 12. The molecule has 0 aromatic carbocycles. The average molecular weight is 1580 g/mol. The smallest absolute Gasteiger partial charge is 0.312 e. The topological polar surface area (TPSA) is 158 Å². The Morgan fingerprint density at radius 3 is 1.18 bits per heavy atom. The third kappa shape index (κ3) is 20.2. The summed E-state index contributed by atoms with van der Waals surface area (Å²) in [4.78, 5) is 74.3. The first kappa shape index (κ1) is 92.1. The van der Waals surface area contributed by atoms with Crippen molar-refractivity contribution in [3.63, 3.8) is 0 Å². The van der Waals surface area contributed by atoms with E-state index in [1.165, 1.54) is 186 Å². The van der Waals surface area contributed by atoms with E-state index in [-0.39, 0.29) is 107 Å². The minimum Gasteiger partial charge on any atom is -0.459 e. The molecule has 0 aliphatic heterocycles. The zero-order valence-electron chi connectivity index (χ0n) is 77.5. The number of hydrogen-bond donors (Lipinski definition) is 0. The number of ether oxygens (including phenoxy) is 6. The van der Waals surface area contributed by atoms with Gasteiger partial charge in [-0.25, -0.2) is 0 Å². The van der Waals surface area contributed by atoms with Gasteiger partial charge in [-0.3, -0.25) is 28.8 Å². The molecule has 0 saturated heterocycles. The predicted molar refractivity (Wildman–Crippen MR) is 456 cm³/mol. The molecule has 12 bridgehead atoms. The Labute approximate surface area is 691 Å². The van der Waals surface area contributed by atoms with Crippen LogP contribution in [0.5, 0.6) is 0 Å². The maximum Gasteiger partial charge on any atom is 0.312 e. The lowest BCUT2D eigenvalue weighted by atomic mass is 9.46. The molecule has 0 N–H and O–H groups in total. The van der Waals surface area contributed by atoms with Gasteiger partial charge in [0.25, 0.3) is 0 Å². The van der Waals surface area contributed by atoms with E-state index in [0.29, 0.717) is 29.6 Å². The molecule has 0 aromatic heterocycles. The maximum atomic E-state index is 12.6. The molecule has 14 unspecified atom stereocenters. The van der Waals surface area contributed by atoms with E-state index in [4.69, 9.17) is 28.4 Å². The summed E-state index contributed by atoms with van der Waals surface area (Å²) in [5, 5.41) is 0. The summed E-state index contributed by atoms with van der Waals surface area (Å²) in [6.45, 7) is 51.6. The SMILES string of the molecule is CCC(C)(C)C(=O)OC(C)(C)C12CC3CC(CC(C3)C1)C2.CCC(C)(C)C(=O)OC1(C)C2CC3CC(C2)CC1C3.CCC(C)(C)C(=O)OC1(C)CC2CC1C1CCCC21.CCC(C)(C)C(=O)OC1(C)CC2CCC1C2.CCC(C)(C)C(=O)OC1(C)CCC2CCCCC2C1.CCC(C)(C)C(=O)OC1(C)CCCC2CCCCC21. The van der Waals surface area contributed by atoms with Crippen LogP contribution in [0.2, 0.25) is 0 Å². The van der Waals surface area contributed by atoms with E-state index in [2.05, 4.69) is 83.1 Å². The fraction of sp³-hybridized carbons (Fsp3) is 0.941. The largest absolute Gasteiger partial charge is 0.459 e. The average Bonchev–Trinajstić information content (AvgIpc) is 1.49. The highest BCUT2D eigenvalue weighted by molar-refractivity contribution is 5.79. The van der Waals surface area contributed by atoms with Crippen LogP contribution in [0.4, 0.5) is 0 Å². The van der Waals surface area contributed by atoms with E-state index in [9.17, 15) is 28.8 Å². The number of carbonyl (C=O) groups is 6.